The fraction of sp³-hybridized carbons (Fsp3) is 0.533. The molecule has 0 spiro atoms. The highest BCUT2D eigenvalue weighted by Gasteiger charge is 2.23. The van der Waals surface area contributed by atoms with Crippen LogP contribution in [0.5, 0.6) is 5.88 Å². The molecule has 6 N–H and O–H groups in total. The van der Waals surface area contributed by atoms with E-state index in [-0.39, 0.29) is 18.1 Å². The van der Waals surface area contributed by atoms with Gasteiger partial charge in [0.05, 0.1) is 6.21 Å². The van der Waals surface area contributed by atoms with Crippen LogP contribution in [0.25, 0.3) is 0 Å². The molecule has 0 radical (unpaired) electrons. The molecule has 10 nitrogen and oxygen atoms in total. The molecule has 0 saturated carbocycles. The average molecular weight is 350 g/mol. The Morgan fingerprint density at radius 1 is 1.44 bits per heavy atom. The Hall–Kier alpha value is -2.91. The molecular weight excluding hydrogens is 328 g/mol. The van der Waals surface area contributed by atoms with Gasteiger partial charge in [-0.3, -0.25) is 29.5 Å². The fourth-order valence-corrected chi connectivity index (χ4v) is 2.95. The van der Waals surface area contributed by atoms with Crippen LogP contribution in [0, 0.1) is 5.41 Å². The van der Waals surface area contributed by atoms with Crippen molar-refractivity contribution in [3.63, 3.8) is 0 Å². The van der Waals surface area contributed by atoms with Crippen molar-refractivity contribution in [2.75, 3.05) is 0 Å². The molecule has 0 aliphatic carbocycles. The van der Waals surface area contributed by atoms with E-state index in [0.717, 1.165) is 11.0 Å². The van der Waals surface area contributed by atoms with Crippen molar-refractivity contribution in [3.05, 3.63) is 26.4 Å². The lowest BCUT2D eigenvalue weighted by Crippen LogP contribution is -2.37. The minimum atomic E-state index is -0.885. The zero-order chi connectivity index (χ0) is 18.6. The van der Waals surface area contributed by atoms with E-state index < -0.39 is 28.5 Å². The molecule has 25 heavy (non-hydrogen) atoms. The molecule has 1 aromatic heterocycles. The van der Waals surface area contributed by atoms with Gasteiger partial charge in [-0.2, -0.15) is 0 Å². The number of aromatic nitrogens is 2. The SMILES string of the molecule is CCCC(CCC[C@H]1N=CC(=O)N1)n1c(O)c(C(=N)N)c(=O)[nH]c1=O. The molecule has 2 rings (SSSR count). The number of carbonyl (C=O) groups excluding carboxylic acids is 1. The molecule has 136 valence electrons. The van der Waals surface area contributed by atoms with E-state index in [1.54, 1.807) is 0 Å². The van der Waals surface area contributed by atoms with Crippen molar-refractivity contribution < 1.29 is 9.90 Å². The Labute approximate surface area is 143 Å². The number of aliphatic imine (C=N–C) groups is 1. The van der Waals surface area contributed by atoms with E-state index in [1.807, 2.05) is 6.92 Å². The van der Waals surface area contributed by atoms with E-state index in [1.165, 1.54) is 6.21 Å². The maximum absolute atomic E-state index is 12.2. The molecule has 10 heteroatoms. The van der Waals surface area contributed by atoms with Crippen molar-refractivity contribution >= 4 is 18.0 Å². The number of hydrogen-bond acceptors (Lipinski definition) is 6. The van der Waals surface area contributed by atoms with Gasteiger partial charge in [0.15, 0.2) is 0 Å². The third kappa shape index (κ3) is 4.14. The van der Waals surface area contributed by atoms with Gasteiger partial charge in [0.2, 0.25) is 5.88 Å². The number of amidine groups is 1. The summed E-state index contributed by atoms with van der Waals surface area (Å²) in [5, 5.41) is 20.4. The fourth-order valence-electron chi connectivity index (χ4n) is 2.95. The Balaban J connectivity index is 2.22. The molecule has 2 atom stereocenters. The summed E-state index contributed by atoms with van der Waals surface area (Å²) in [6, 6.07) is -0.367. The summed E-state index contributed by atoms with van der Waals surface area (Å²) < 4.78 is 1.08. The molecule has 0 aromatic carbocycles. The number of carbonyl (C=O) groups is 1. The molecule has 1 aliphatic heterocycles. The first-order valence-electron chi connectivity index (χ1n) is 8.11. The van der Waals surface area contributed by atoms with Crippen molar-refractivity contribution in [2.45, 2.75) is 51.2 Å². The van der Waals surface area contributed by atoms with Crippen LogP contribution in [0.1, 0.15) is 50.6 Å². The van der Waals surface area contributed by atoms with E-state index >= 15 is 0 Å². The third-order valence-electron chi connectivity index (χ3n) is 4.07. The Bertz CT molecular complexity index is 809. The maximum Gasteiger partial charge on any atom is 0.331 e. The number of nitrogens with one attached hydrogen (secondary N) is 3. The standard InChI is InChI=1S/C15H22N6O4/c1-2-4-8(5-3-6-9-18-7-10(22)19-9)21-14(24)11(12(16)17)13(23)20-15(21)25/h7-9,24H,2-6H2,1H3,(H3,16,17)(H,19,22)(H,20,23,25)/t8?,9-/m0/s1. The summed E-state index contributed by atoms with van der Waals surface area (Å²) in [5.41, 5.74) is 3.30. The number of nitrogen functional groups attached to an aromatic ring is 1. The molecular formula is C15H22N6O4. The minimum Gasteiger partial charge on any atom is -0.494 e. The van der Waals surface area contributed by atoms with E-state index in [4.69, 9.17) is 11.1 Å². The molecule has 1 unspecified atom stereocenters. The van der Waals surface area contributed by atoms with Gasteiger partial charge < -0.3 is 16.2 Å². The van der Waals surface area contributed by atoms with Gasteiger partial charge in [-0.1, -0.05) is 13.3 Å². The van der Waals surface area contributed by atoms with Gasteiger partial charge in [-0.05, 0) is 25.7 Å². The number of amides is 1. The maximum atomic E-state index is 12.2. The van der Waals surface area contributed by atoms with Gasteiger partial charge >= 0.3 is 5.69 Å². The second-order valence-corrected chi connectivity index (χ2v) is 5.92. The molecule has 0 saturated heterocycles. The third-order valence-corrected chi connectivity index (χ3v) is 4.07. The highest BCUT2D eigenvalue weighted by molar-refractivity contribution is 6.27. The van der Waals surface area contributed by atoms with Gasteiger partial charge in [-0.15, -0.1) is 0 Å². The zero-order valence-corrected chi connectivity index (χ0v) is 13.9. The minimum absolute atomic E-state index is 0.226. The van der Waals surface area contributed by atoms with Crippen molar-refractivity contribution in [1.29, 1.82) is 5.41 Å². The highest BCUT2D eigenvalue weighted by Crippen LogP contribution is 2.25. The Morgan fingerprint density at radius 3 is 2.72 bits per heavy atom. The number of aromatic hydroxyl groups is 1. The lowest BCUT2D eigenvalue weighted by molar-refractivity contribution is -0.114. The molecule has 2 heterocycles. The second-order valence-electron chi connectivity index (χ2n) is 5.92. The molecule has 1 amide bonds. The summed E-state index contributed by atoms with van der Waals surface area (Å²) in [5.74, 6) is -1.42. The van der Waals surface area contributed by atoms with Crippen LogP contribution in [0.2, 0.25) is 0 Å². The molecule has 1 aromatic rings. The highest BCUT2D eigenvalue weighted by atomic mass is 16.3. The quantitative estimate of drug-likeness (QED) is 0.316. The number of nitrogens with two attached hydrogens (primary N) is 1. The number of rotatable bonds is 8. The first-order valence-corrected chi connectivity index (χ1v) is 8.11. The number of H-pyrrole nitrogens is 1. The Kier molecular flexibility index (Phi) is 5.73. The zero-order valence-electron chi connectivity index (χ0n) is 13.9. The average Bonchev–Trinajstić information content (AvgIpc) is 2.91. The van der Waals surface area contributed by atoms with Crippen LogP contribution in [0.15, 0.2) is 14.6 Å². The summed E-state index contributed by atoms with van der Waals surface area (Å²) in [7, 11) is 0. The lowest BCUT2D eigenvalue weighted by atomic mass is 10.0. The van der Waals surface area contributed by atoms with Crippen LogP contribution in [0.4, 0.5) is 0 Å². The summed E-state index contributed by atoms with van der Waals surface area (Å²) in [4.78, 5) is 41.1. The van der Waals surface area contributed by atoms with Crippen LogP contribution >= 0.6 is 0 Å². The van der Waals surface area contributed by atoms with E-state index in [2.05, 4.69) is 15.3 Å². The Morgan fingerprint density at radius 2 is 2.16 bits per heavy atom. The summed E-state index contributed by atoms with van der Waals surface area (Å²) >= 11 is 0. The second kappa shape index (κ2) is 7.77. The van der Waals surface area contributed by atoms with Crippen LogP contribution < -0.4 is 22.3 Å². The van der Waals surface area contributed by atoms with Crippen LogP contribution in [0.3, 0.4) is 0 Å². The smallest absolute Gasteiger partial charge is 0.331 e. The molecule has 0 fully saturated rings. The lowest BCUT2D eigenvalue weighted by Gasteiger charge is -2.21. The number of hydrogen-bond donors (Lipinski definition) is 5. The van der Waals surface area contributed by atoms with Crippen molar-refractivity contribution in [1.82, 2.24) is 14.9 Å². The normalized spacial score (nSPS) is 17.5. The predicted octanol–water partition coefficient (Wildman–Crippen LogP) is -0.436. The van der Waals surface area contributed by atoms with Gasteiger partial charge in [0.25, 0.3) is 11.5 Å². The topological polar surface area (TPSA) is 166 Å². The van der Waals surface area contributed by atoms with Crippen molar-refractivity contribution in [3.8, 4) is 5.88 Å². The van der Waals surface area contributed by atoms with Gasteiger partial charge in [-0.25, -0.2) is 4.79 Å². The molecule has 0 bridgehead atoms. The summed E-state index contributed by atoms with van der Waals surface area (Å²) in [6.07, 6.45) is 4.09. The van der Waals surface area contributed by atoms with Gasteiger partial charge in [0.1, 0.15) is 17.6 Å². The summed E-state index contributed by atoms with van der Waals surface area (Å²) in [6.45, 7) is 1.94. The first-order chi connectivity index (χ1) is 11.8. The predicted molar refractivity (Wildman–Crippen MR) is 92.2 cm³/mol. The van der Waals surface area contributed by atoms with Crippen molar-refractivity contribution in [2.24, 2.45) is 10.7 Å². The van der Waals surface area contributed by atoms with Crippen LogP contribution in [-0.2, 0) is 4.79 Å². The van der Waals surface area contributed by atoms with E-state index in [9.17, 15) is 19.5 Å². The number of nitrogens with zero attached hydrogens (tertiary/aromatic N) is 2. The van der Waals surface area contributed by atoms with Gasteiger partial charge in [0, 0.05) is 6.04 Å². The van der Waals surface area contributed by atoms with E-state index in [0.29, 0.717) is 25.7 Å². The van der Waals surface area contributed by atoms with Crippen LogP contribution in [-0.4, -0.2) is 38.8 Å². The largest absolute Gasteiger partial charge is 0.494 e. The monoisotopic (exact) mass is 350 g/mol. The number of aromatic amines is 1. The first kappa shape index (κ1) is 18.4. The molecule has 1 aliphatic rings.